The first-order valence-corrected chi connectivity index (χ1v) is 27.2. The maximum absolute atomic E-state index is 12.7. The number of aryl methyl sites for hydroxylation is 1. The van der Waals surface area contributed by atoms with Crippen molar-refractivity contribution in [3.05, 3.63) is 125 Å². The topological polar surface area (TPSA) is 180 Å². The zero-order valence-electron chi connectivity index (χ0n) is 45.0. The van der Waals surface area contributed by atoms with E-state index in [2.05, 4.69) is 97.9 Å². The molecule has 0 spiro atoms. The molecular formula is C58H70F3N8O6RuS2+. The number of alkyl halides is 3. The van der Waals surface area contributed by atoms with Crippen molar-refractivity contribution < 1.29 is 65.7 Å². The molecule has 0 saturated heterocycles. The van der Waals surface area contributed by atoms with E-state index in [0.717, 1.165) is 40.5 Å². The summed E-state index contributed by atoms with van der Waals surface area (Å²) in [5.74, 6) is 0.258. The van der Waals surface area contributed by atoms with Gasteiger partial charge in [-0.05, 0) is 127 Å². The molecule has 0 aliphatic carbocycles. The third-order valence-electron chi connectivity index (χ3n) is 12.0. The molecule has 6 heterocycles. The van der Waals surface area contributed by atoms with Crippen molar-refractivity contribution in [1.82, 2.24) is 30.1 Å². The fourth-order valence-electron chi connectivity index (χ4n) is 8.02. The average Bonchev–Trinajstić information content (AvgIpc) is 4.17. The molecule has 6 rings (SSSR count). The number of rotatable bonds is 29. The smallest absolute Gasteiger partial charge is 0.753 e. The molecule has 0 aliphatic heterocycles. The fourth-order valence-corrected chi connectivity index (χ4v) is 8.97. The van der Waals surface area contributed by atoms with E-state index in [1.165, 1.54) is 125 Å². The standard InChI is InChI=1S/C22H15N3O6.C19H19F3N3S.C16H36N.CNS.Ru/c26-13-29-7-3-16-1-5-23-19(9-16)21-11-18(31-15-28)12-22(25-21)20-10-17(2-6-24-20)4-8-30-14-27;1-2-3-4-5-6-13-8-10-26-18(13)14-7-9-23-15(11-14)16-12-17(25-24-16)19(20,21)22;1-5-9-13-17(14-10-6-2,15-11-7-3)16-12-8-4;2-1-3;/h1-15H;7-12H,2-6H2,1H3;5-16H2,1-4H3;;/q;-1;+1;-1;+2/b7-3+,8-4+;;;;. The number of nitrogens with zero attached hydrogens (tertiary/aromatic N) is 8. The van der Waals surface area contributed by atoms with Gasteiger partial charge in [0.2, 0.25) is 0 Å². The third-order valence-corrected chi connectivity index (χ3v) is 13.0. The van der Waals surface area contributed by atoms with Crippen molar-refractivity contribution in [3.63, 3.8) is 0 Å². The number of carbonyl (C=O) groups is 3. The quantitative estimate of drug-likeness (QED) is 0.00824. The molecule has 0 aliphatic rings. The Morgan fingerprint density at radius 1 is 0.654 bits per heavy atom. The summed E-state index contributed by atoms with van der Waals surface area (Å²) >= 11 is 5.34. The average molecular weight is 1200 g/mol. The largest absolute Gasteiger partial charge is 2.00 e. The summed E-state index contributed by atoms with van der Waals surface area (Å²) in [7, 11) is 0. The van der Waals surface area contributed by atoms with Gasteiger partial charge in [-0.25, -0.2) is 4.98 Å². The minimum atomic E-state index is -4.50. The Morgan fingerprint density at radius 2 is 1.15 bits per heavy atom. The minimum absolute atomic E-state index is 0. The Bertz CT molecular complexity index is 2650. The Morgan fingerprint density at radius 3 is 1.62 bits per heavy atom. The number of unbranched alkanes of at least 4 members (excludes halogenated alkanes) is 7. The van der Waals surface area contributed by atoms with Crippen LogP contribution in [0.15, 0.2) is 97.2 Å². The summed E-state index contributed by atoms with van der Waals surface area (Å²) in [5.41, 5.74) is 5.08. The summed E-state index contributed by atoms with van der Waals surface area (Å²) in [6.07, 6.45) is 22.8. The summed E-state index contributed by atoms with van der Waals surface area (Å²) in [6, 6.07) is 16.8. The second-order valence-corrected chi connectivity index (χ2v) is 18.8. The number of thiocarbonyl (C=S) groups is 1. The van der Waals surface area contributed by atoms with Gasteiger partial charge in [-0.15, -0.1) is 11.3 Å². The molecular weight excluding hydrogens is 1130 g/mol. The number of ether oxygens (including phenoxy) is 3. The van der Waals surface area contributed by atoms with Crippen molar-refractivity contribution in [1.29, 1.82) is 0 Å². The van der Waals surface area contributed by atoms with Gasteiger partial charge in [0.1, 0.15) is 11.4 Å². The molecule has 6 aromatic rings. The number of aromatic nitrogens is 6. The van der Waals surface area contributed by atoms with Crippen molar-refractivity contribution >= 4 is 60.3 Å². The second kappa shape index (κ2) is 39.0. The second-order valence-electron chi connectivity index (χ2n) is 17.7. The summed E-state index contributed by atoms with van der Waals surface area (Å²) in [5, 5.41) is 17.4. The van der Waals surface area contributed by atoms with E-state index >= 15 is 0 Å². The van der Waals surface area contributed by atoms with Gasteiger partial charge in [0.15, 0.2) is 0 Å². The normalized spacial score (nSPS) is 10.9. The molecule has 0 radical (unpaired) electrons. The van der Waals surface area contributed by atoms with Crippen LogP contribution in [0.2, 0.25) is 0 Å². The molecule has 20 heteroatoms. The third kappa shape index (κ3) is 24.5. The van der Waals surface area contributed by atoms with E-state index in [1.54, 1.807) is 84.5 Å². The van der Waals surface area contributed by atoms with Crippen LogP contribution in [0.5, 0.6) is 5.75 Å². The molecule has 0 unspecified atom stereocenters. The number of pyridine rings is 4. The molecule has 0 atom stereocenters. The minimum Gasteiger partial charge on any atom is -0.753 e. The van der Waals surface area contributed by atoms with Crippen LogP contribution in [0.4, 0.5) is 13.2 Å². The zero-order chi connectivity index (χ0) is 56.2. The number of quaternary nitrogens is 1. The van der Waals surface area contributed by atoms with Crippen molar-refractivity contribution in [2.45, 2.75) is 124 Å². The van der Waals surface area contributed by atoms with Crippen LogP contribution in [0, 0.1) is 0 Å². The van der Waals surface area contributed by atoms with Gasteiger partial charge < -0.3 is 34.3 Å². The van der Waals surface area contributed by atoms with Crippen LogP contribution in [0.25, 0.3) is 62.2 Å². The Labute approximate surface area is 479 Å². The predicted molar refractivity (Wildman–Crippen MR) is 302 cm³/mol. The maximum Gasteiger partial charge on any atom is 2.00 e. The molecule has 0 N–H and O–H groups in total. The van der Waals surface area contributed by atoms with E-state index in [1.807, 2.05) is 6.07 Å². The molecule has 0 aromatic carbocycles. The zero-order valence-corrected chi connectivity index (χ0v) is 48.3. The first-order chi connectivity index (χ1) is 37.4. The van der Waals surface area contributed by atoms with Gasteiger partial charge in [-0.1, -0.05) is 97.5 Å². The van der Waals surface area contributed by atoms with Crippen LogP contribution in [0.1, 0.15) is 134 Å². The molecule has 78 heavy (non-hydrogen) atoms. The van der Waals surface area contributed by atoms with E-state index < -0.39 is 11.9 Å². The predicted octanol–water partition coefficient (Wildman–Crippen LogP) is 14.7. The van der Waals surface area contributed by atoms with E-state index in [4.69, 9.17) is 10.1 Å². The Kier molecular flexibility index (Phi) is 33.9. The van der Waals surface area contributed by atoms with Gasteiger partial charge >= 0.3 is 25.7 Å². The number of hydrogen-bond acceptors (Lipinski definition) is 13. The van der Waals surface area contributed by atoms with E-state index in [-0.39, 0.29) is 30.9 Å². The molecule has 0 bridgehead atoms. The van der Waals surface area contributed by atoms with Gasteiger partial charge in [-0.2, -0.15) is 18.3 Å². The van der Waals surface area contributed by atoms with Gasteiger partial charge in [-0.3, -0.25) is 29.3 Å². The van der Waals surface area contributed by atoms with Gasteiger partial charge in [0, 0.05) is 35.6 Å². The van der Waals surface area contributed by atoms with Gasteiger partial charge in [0.05, 0.1) is 67.2 Å². The summed E-state index contributed by atoms with van der Waals surface area (Å²) in [6.45, 7) is 18.1. The number of hydrogen-bond donors (Lipinski definition) is 0. The van der Waals surface area contributed by atoms with Crippen LogP contribution in [-0.2, 0) is 55.9 Å². The first-order valence-electron chi connectivity index (χ1n) is 25.9. The number of halogens is 3. The van der Waals surface area contributed by atoms with Crippen molar-refractivity contribution in [2.24, 2.45) is 0 Å². The maximum atomic E-state index is 12.7. The number of thiophene rings is 1. The molecule has 0 fully saturated rings. The van der Waals surface area contributed by atoms with E-state index in [0.29, 0.717) is 47.9 Å². The van der Waals surface area contributed by atoms with Crippen LogP contribution < -0.4 is 9.84 Å². The summed E-state index contributed by atoms with van der Waals surface area (Å²) in [4.78, 5) is 50.0. The summed E-state index contributed by atoms with van der Waals surface area (Å²) < 4.78 is 53.7. The van der Waals surface area contributed by atoms with Crippen molar-refractivity contribution in [3.8, 4) is 50.4 Å². The van der Waals surface area contributed by atoms with E-state index in [9.17, 15) is 27.6 Å². The molecule has 6 aromatic heterocycles. The molecule has 0 saturated carbocycles. The SMILES string of the molecule is CCCCCCc1ccsc1-c1ccnc(-c2cc(C(F)(F)F)n[n-]2)c1.CCCC[N+](CCCC)(CCCC)CCCC.O=CO/C=C/c1ccnc(-c2cc(OC=O)cc(-c3cc(/C=C/OC=O)ccn3)n2)c1.[N-]=C=S.[Ru+2]. The van der Waals surface area contributed by atoms with Crippen LogP contribution >= 0.6 is 23.6 Å². The molecule has 14 nitrogen and oxygen atoms in total. The first kappa shape index (κ1) is 67.7. The monoisotopic (exact) mass is 1200 g/mol. The van der Waals surface area contributed by atoms with Crippen LogP contribution in [0.3, 0.4) is 0 Å². The molecule has 418 valence electrons. The number of isothiocyanates is 1. The van der Waals surface area contributed by atoms with Gasteiger partial charge in [0.25, 0.3) is 19.4 Å². The van der Waals surface area contributed by atoms with Crippen molar-refractivity contribution in [2.75, 3.05) is 26.2 Å². The number of carbonyl (C=O) groups excluding carboxylic acids is 3. The Hall–Kier alpha value is -6.43. The fraction of sp³-hybridized carbons (Fsp3) is 0.397. The van der Waals surface area contributed by atoms with Crippen LogP contribution in [-0.4, -0.2) is 80.3 Å². The molecule has 0 amide bonds. The Balaban J connectivity index is 0.000000403.